The second kappa shape index (κ2) is 5.05. The fraction of sp³-hybridized carbons (Fsp3) is 0.600. The SMILES string of the molecule is CC(C)c1noc(Cn2cc(CCN)nn2)n1. The number of rotatable bonds is 5. The van der Waals surface area contributed by atoms with Crippen LogP contribution in [0.4, 0.5) is 0 Å². The smallest absolute Gasteiger partial charge is 0.248 e. The molecule has 2 N–H and O–H groups in total. The Labute approximate surface area is 99.0 Å². The first kappa shape index (κ1) is 11.7. The number of hydrogen-bond donors (Lipinski definition) is 1. The molecular weight excluding hydrogens is 220 g/mol. The summed E-state index contributed by atoms with van der Waals surface area (Å²) in [6.45, 7) is 5.04. The van der Waals surface area contributed by atoms with Crippen molar-refractivity contribution in [2.45, 2.75) is 32.7 Å². The van der Waals surface area contributed by atoms with E-state index in [-0.39, 0.29) is 5.92 Å². The molecule has 7 heteroatoms. The fourth-order valence-corrected chi connectivity index (χ4v) is 1.38. The molecule has 2 heterocycles. The van der Waals surface area contributed by atoms with Crippen LogP contribution in [0.2, 0.25) is 0 Å². The van der Waals surface area contributed by atoms with Crippen LogP contribution in [0.15, 0.2) is 10.7 Å². The van der Waals surface area contributed by atoms with Gasteiger partial charge in [0.2, 0.25) is 5.89 Å². The van der Waals surface area contributed by atoms with Crippen LogP contribution in [-0.4, -0.2) is 31.7 Å². The van der Waals surface area contributed by atoms with Gasteiger partial charge in [0.15, 0.2) is 5.82 Å². The number of nitrogens with two attached hydrogens (primary N) is 1. The Morgan fingerprint density at radius 3 is 2.94 bits per heavy atom. The monoisotopic (exact) mass is 236 g/mol. The van der Waals surface area contributed by atoms with Crippen molar-refractivity contribution in [1.82, 2.24) is 25.1 Å². The van der Waals surface area contributed by atoms with Crippen molar-refractivity contribution in [1.29, 1.82) is 0 Å². The van der Waals surface area contributed by atoms with E-state index in [2.05, 4.69) is 20.5 Å². The van der Waals surface area contributed by atoms with Crippen molar-refractivity contribution in [3.63, 3.8) is 0 Å². The molecule has 2 aromatic heterocycles. The van der Waals surface area contributed by atoms with E-state index in [0.717, 1.165) is 12.1 Å². The van der Waals surface area contributed by atoms with Crippen LogP contribution in [0.25, 0.3) is 0 Å². The van der Waals surface area contributed by atoms with E-state index in [0.29, 0.717) is 24.8 Å². The lowest BCUT2D eigenvalue weighted by Gasteiger charge is -1.93. The first-order valence-corrected chi connectivity index (χ1v) is 5.60. The van der Waals surface area contributed by atoms with Crippen LogP contribution in [0.5, 0.6) is 0 Å². The summed E-state index contributed by atoms with van der Waals surface area (Å²) in [7, 11) is 0. The lowest BCUT2D eigenvalue weighted by molar-refractivity contribution is 0.358. The van der Waals surface area contributed by atoms with Crippen molar-refractivity contribution >= 4 is 0 Å². The van der Waals surface area contributed by atoms with Gasteiger partial charge in [-0.2, -0.15) is 4.98 Å². The van der Waals surface area contributed by atoms with Crippen LogP contribution in [0.3, 0.4) is 0 Å². The van der Waals surface area contributed by atoms with E-state index in [1.165, 1.54) is 0 Å². The molecule has 2 aromatic rings. The highest BCUT2D eigenvalue weighted by atomic mass is 16.5. The molecule has 0 amide bonds. The zero-order valence-corrected chi connectivity index (χ0v) is 10.00. The Kier molecular flexibility index (Phi) is 3.48. The molecule has 0 aliphatic rings. The van der Waals surface area contributed by atoms with E-state index < -0.39 is 0 Å². The predicted octanol–water partition coefficient (Wildman–Crippen LogP) is 0.334. The highest BCUT2D eigenvalue weighted by Gasteiger charge is 2.10. The quantitative estimate of drug-likeness (QED) is 0.803. The summed E-state index contributed by atoms with van der Waals surface area (Å²) < 4.78 is 6.79. The van der Waals surface area contributed by atoms with E-state index in [9.17, 15) is 0 Å². The zero-order chi connectivity index (χ0) is 12.3. The van der Waals surface area contributed by atoms with Gasteiger partial charge < -0.3 is 10.3 Å². The number of aromatic nitrogens is 5. The zero-order valence-electron chi connectivity index (χ0n) is 10.00. The first-order valence-electron chi connectivity index (χ1n) is 5.60. The fourth-order valence-electron chi connectivity index (χ4n) is 1.38. The van der Waals surface area contributed by atoms with Crippen LogP contribution < -0.4 is 5.73 Å². The maximum Gasteiger partial charge on any atom is 0.248 e. The molecule has 17 heavy (non-hydrogen) atoms. The Hall–Kier alpha value is -1.76. The Bertz CT molecular complexity index is 475. The van der Waals surface area contributed by atoms with Gasteiger partial charge in [0.05, 0.1) is 5.69 Å². The summed E-state index contributed by atoms with van der Waals surface area (Å²) in [5.74, 6) is 1.51. The van der Waals surface area contributed by atoms with Crippen LogP contribution in [0, 0.1) is 0 Å². The molecule has 2 rings (SSSR count). The molecular formula is C10H16N6O. The first-order chi connectivity index (χ1) is 8.19. The molecule has 0 atom stereocenters. The van der Waals surface area contributed by atoms with E-state index >= 15 is 0 Å². The van der Waals surface area contributed by atoms with E-state index in [4.69, 9.17) is 10.3 Å². The summed E-state index contributed by atoms with van der Waals surface area (Å²) in [5, 5.41) is 11.8. The molecule has 0 fully saturated rings. The largest absolute Gasteiger partial charge is 0.337 e. The van der Waals surface area contributed by atoms with Crippen molar-refractivity contribution in [2.24, 2.45) is 5.73 Å². The molecule has 0 aliphatic carbocycles. The average Bonchev–Trinajstić information content (AvgIpc) is 2.89. The summed E-state index contributed by atoms with van der Waals surface area (Å²) in [4.78, 5) is 4.27. The second-order valence-electron chi connectivity index (χ2n) is 4.15. The molecule has 0 bridgehead atoms. The van der Waals surface area contributed by atoms with Crippen molar-refractivity contribution in [3.05, 3.63) is 23.6 Å². The molecule has 0 saturated heterocycles. The topological polar surface area (TPSA) is 95.7 Å². The summed E-state index contributed by atoms with van der Waals surface area (Å²) in [6.07, 6.45) is 2.56. The van der Waals surface area contributed by atoms with Gasteiger partial charge >= 0.3 is 0 Å². The van der Waals surface area contributed by atoms with Crippen LogP contribution >= 0.6 is 0 Å². The summed E-state index contributed by atoms with van der Waals surface area (Å²) in [6, 6.07) is 0. The van der Waals surface area contributed by atoms with Gasteiger partial charge in [-0.05, 0) is 6.54 Å². The Balaban J connectivity index is 2.03. The maximum absolute atomic E-state index is 5.44. The third kappa shape index (κ3) is 2.88. The van der Waals surface area contributed by atoms with Crippen LogP contribution in [0.1, 0.15) is 37.2 Å². The lowest BCUT2D eigenvalue weighted by atomic mass is 10.2. The van der Waals surface area contributed by atoms with E-state index in [1.807, 2.05) is 20.0 Å². The Morgan fingerprint density at radius 2 is 2.29 bits per heavy atom. The summed E-state index contributed by atoms with van der Waals surface area (Å²) in [5.41, 5.74) is 6.31. The minimum atomic E-state index is 0.260. The third-order valence-electron chi connectivity index (χ3n) is 2.28. The van der Waals surface area contributed by atoms with Gasteiger partial charge in [-0.25, -0.2) is 4.68 Å². The molecule has 0 aliphatic heterocycles. The van der Waals surface area contributed by atoms with Gasteiger partial charge in [0.25, 0.3) is 0 Å². The maximum atomic E-state index is 5.44. The normalized spacial score (nSPS) is 11.3. The van der Waals surface area contributed by atoms with Gasteiger partial charge in [0, 0.05) is 18.5 Å². The lowest BCUT2D eigenvalue weighted by Crippen LogP contribution is -2.03. The van der Waals surface area contributed by atoms with Crippen LogP contribution in [-0.2, 0) is 13.0 Å². The number of hydrogen-bond acceptors (Lipinski definition) is 6. The molecule has 0 aromatic carbocycles. The van der Waals surface area contributed by atoms with Gasteiger partial charge in [0.1, 0.15) is 6.54 Å². The van der Waals surface area contributed by atoms with Crippen molar-refractivity contribution in [3.8, 4) is 0 Å². The van der Waals surface area contributed by atoms with Gasteiger partial charge in [-0.3, -0.25) is 0 Å². The second-order valence-corrected chi connectivity index (χ2v) is 4.15. The molecule has 0 unspecified atom stereocenters. The number of nitrogens with zero attached hydrogens (tertiary/aromatic N) is 5. The molecule has 0 radical (unpaired) electrons. The highest BCUT2D eigenvalue weighted by molar-refractivity contribution is 4.96. The molecule has 0 saturated carbocycles. The van der Waals surface area contributed by atoms with Gasteiger partial charge in [-0.1, -0.05) is 24.2 Å². The van der Waals surface area contributed by atoms with Crippen molar-refractivity contribution < 1.29 is 4.52 Å². The third-order valence-corrected chi connectivity index (χ3v) is 2.28. The summed E-state index contributed by atoms with van der Waals surface area (Å²) >= 11 is 0. The molecule has 7 nitrogen and oxygen atoms in total. The minimum absolute atomic E-state index is 0.260. The average molecular weight is 236 g/mol. The molecule has 92 valence electrons. The van der Waals surface area contributed by atoms with Gasteiger partial charge in [-0.15, -0.1) is 5.10 Å². The Morgan fingerprint density at radius 1 is 1.47 bits per heavy atom. The standard InChI is InChI=1S/C10H16N6O/c1-7(2)10-12-9(17-14-10)6-16-5-8(3-4-11)13-15-16/h5,7H,3-4,6,11H2,1-2H3. The predicted molar refractivity (Wildman–Crippen MR) is 60.3 cm³/mol. The highest BCUT2D eigenvalue weighted by Crippen LogP contribution is 2.10. The minimum Gasteiger partial charge on any atom is -0.337 e. The van der Waals surface area contributed by atoms with E-state index in [1.54, 1.807) is 4.68 Å². The molecule has 0 spiro atoms. The van der Waals surface area contributed by atoms with Crippen molar-refractivity contribution in [2.75, 3.05) is 6.54 Å².